The number of rotatable bonds is 5. The number of hydrogen-bond acceptors (Lipinski definition) is 5. The van der Waals surface area contributed by atoms with Gasteiger partial charge in [-0.15, -0.1) is 0 Å². The zero-order valence-electron chi connectivity index (χ0n) is 14.0. The Bertz CT molecular complexity index is 847. The molecule has 2 atom stereocenters. The lowest BCUT2D eigenvalue weighted by molar-refractivity contribution is 0.0877. The molecule has 0 unspecified atom stereocenters. The summed E-state index contributed by atoms with van der Waals surface area (Å²) < 4.78 is 57.3. The van der Waals surface area contributed by atoms with Crippen molar-refractivity contribution in [3.05, 3.63) is 28.8 Å². The highest BCUT2D eigenvalue weighted by Gasteiger charge is 2.40. The molecule has 25 heavy (non-hydrogen) atoms. The van der Waals surface area contributed by atoms with Crippen LogP contribution in [0.15, 0.2) is 23.1 Å². The molecule has 0 bridgehead atoms. The van der Waals surface area contributed by atoms with Crippen molar-refractivity contribution >= 4 is 31.5 Å². The normalized spacial score (nSPS) is 26.4. The summed E-state index contributed by atoms with van der Waals surface area (Å²) in [5.74, 6) is -0.123. The number of ether oxygens (including phenoxy) is 1. The maximum atomic E-state index is 13.3. The second-order valence-corrected chi connectivity index (χ2v) is 11.2. The Morgan fingerprint density at radius 2 is 2.08 bits per heavy atom. The number of benzene rings is 1. The summed E-state index contributed by atoms with van der Waals surface area (Å²) in [6.07, 6.45) is 1.78. The Morgan fingerprint density at radius 1 is 1.32 bits per heavy atom. The van der Waals surface area contributed by atoms with Gasteiger partial charge in [-0.1, -0.05) is 17.7 Å². The first kappa shape index (κ1) is 19.1. The minimum atomic E-state index is -3.87. The van der Waals surface area contributed by atoms with E-state index in [-0.39, 0.29) is 29.0 Å². The van der Waals surface area contributed by atoms with E-state index < -0.39 is 25.9 Å². The first-order valence-electron chi connectivity index (χ1n) is 8.29. The molecule has 0 amide bonds. The number of halogens is 1. The van der Waals surface area contributed by atoms with Crippen molar-refractivity contribution in [1.82, 2.24) is 4.31 Å². The van der Waals surface area contributed by atoms with Gasteiger partial charge in [-0.3, -0.25) is 0 Å². The zero-order chi connectivity index (χ0) is 18.2. The van der Waals surface area contributed by atoms with Crippen LogP contribution in [0.4, 0.5) is 0 Å². The minimum absolute atomic E-state index is 0.0176. The predicted octanol–water partition coefficient (Wildman–Crippen LogP) is 2.01. The van der Waals surface area contributed by atoms with Crippen molar-refractivity contribution in [1.29, 1.82) is 0 Å². The first-order chi connectivity index (χ1) is 11.7. The average molecular weight is 408 g/mol. The molecule has 0 N–H and O–H groups in total. The number of aryl methyl sites for hydroxylation is 1. The Hall–Kier alpha value is -0.670. The van der Waals surface area contributed by atoms with Gasteiger partial charge in [0.05, 0.1) is 22.5 Å². The third kappa shape index (κ3) is 4.19. The Kier molecular flexibility index (Phi) is 5.46. The molecule has 6 nitrogen and oxygen atoms in total. The highest BCUT2D eigenvalue weighted by molar-refractivity contribution is 7.92. The summed E-state index contributed by atoms with van der Waals surface area (Å²) in [5.41, 5.74) is 0.586. The Balaban J connectivity index is 1.98. The number of hydrogen-bond donors (Lipinski definition) is 0. The van der Waals surface area contributed by atoms with Gasteiger partial charge in [-0.25, -0.2) is 16.8 Å². The second-order valence-electron chi connectivity index (χ2n) is 6.68. The molecule has 0 aliphatic carbocycles. The molecule has 0 spiro atoms. The van der Waals surface area contributed by atoms with Crippen molar-refractivity contribution in [2.45, 2.75) is 43.2 Å². The molecule has 3 rings (SSSR count). The van der Waals surface area contributed by atoms with Crippen molar-refractivity contribution in [2.24, 2.45) is 0 Å². The lowest BCUT2D eigenvalue weighted by atomic mass is 10.2. The van der Waals surface area contributed by atoms with E-state index in [4.69, 9.17) is 16.3 Å². The molecular weight excluding hydrogens is 386 g/mol. The van der Waals surface area contributed by atoms with Crippen LogP contribution in [0.2, 0.25) is 5.02 Å². The van der Waals surface area contributed by atoms with Gasteiger partial charge in [0.2, 0.25) is 10.0 Å². The lowest BCUT2D eigenvalue weighted by Crippen LogP contribution is -2.45. The summed E-state index contributed by atoms with van der Waals surface area (Å²) in [6, 6.07) is 4.17. The van der Waals surface area contributed by atoms with Crippen LogP contribution in [0.5, 0.6) is 0 Å². The predicted molar refractivity (Wildman–Crippen MR) is 96.1 cm³/mol. The summed E-state index contributed by atoms with van der Waals surface area (Å²) in [6.45, 7) is 2.49. The van der Waals surface area contributed by atoms with Crippen LogP contribution >= 0.6 is 11.6 Å². The molecule has 1 aromatic rings. The molecule has 0 radical (unpaired) electrons. The van der Waals surface area contributed by atoms with Crippen LogP contribution in [0.1, 0.15) is 24.8 Å². The van der Waals surface area contributed by atoms with Gasteiger partial charge in [-0.2, -0.15) is 4.31 Å². The SMILES string of the molecule is Cc1ccc(Cl)cc1S(=O)(=O)N(C[C@H]1CCCO1)[C@H]1CCS(=O)(=O)C1. The van der Waals surface area contributed by atoms with Gasteiger partial charge in [0.15, 0.2) is 9.84 Å². The molecule has 2 aliphatic rings. The average Bonchev–Trinajstić information content (AvgIpc) is 3.16. The molecular formula is C16H22ClNO5S2. The fraction of sp³-hybridized carbons (Fsp3) is 0.625. The molecule has 9 heteroatoms. The third-order valence-corrected chi connectivity index (χ3v) is 8.81. The minimum Gasteiger partial charge on any atom is -0.377 e. The largest absolute Gasteiger partial charge is 0.377 e. The number of nitrogens with zero attached hydrogens (tertiary/aromatic N) is 1. The van der Waals surface area contributed by atoms with Crippen LogP contribution in [0.25, 0.3) is 0 Å². The standard InChI is InChI=1S/C16H22ClNO5S2/c1-12-4-5-13(17)9-16(12)25(21,22)18(10-15-3-2-7-23-15)14-6-8-24(19,20)11-14/h4-5,9,14-15H,2-3,6-8,10-11H2,1H3/t14-,15+/m0/s1. The monoisotopic (exact) mass is 407 g/mol. The second kappa shape index (κ2) is 7.15. The molecule has 0 saturated carbocycles. The molecule has 2 aliphatic heterocycles. The van der Waals surface area contributed by atoms with Crippen molar-refractivity contribution in [3.63, 3.8) is 0 Å². The van der Waals surface area contributed by atoms with E-state index in [2.05, 4.69) is 0 Å². The summed E-state index contributed by atoms with van der Waals surface area (Å²) >= 11 is 6.00. The van der Waals surface area contributed by atoms with Gasteiger partial charge in [0.25, 0.3) is 0 Å². The van der Waals surface area contributed by atoms with E-state index in [1.165, 1.54) is 10.4 Å². The Labute approximate surface area is 154 Å². The summed E-state index contributed by atoms with van der Waals surface area (Å²) in [5, 5.41) is 0.334. The quantitative estimate of drug-likeness (QED) is 0.745. The molecule has 2 fully saturated rings. The van der Waals surface area contributed by atoms with E-state index in [9.17, 15) is 16.8 Å². The van der Waals surface area contributed by atoms with Crippen LogP contribution in [0, 0.1) is 6.92 Å². The molecule has 0 aromatic heterocycles. The number of sulfone groups is 1. The smallest absolute Gasteiger partial charge is 0.243 e. The van der Waals surface area contributed by atoms with Crippen LogP contribution in [-0.4, -0.2) is 57.9 Å². The maximum absolute atomic E-state index is 13.3. The highest BCUT2D eigenvalue weighted by atomic mass is 35.5. The van der Waals surface area contributed by atoms with Gasteiger partial charge in [0.1, 0.15) is 0 Å². The topological polar surface area (TPSA) is 80.8 Å². The highest BCUT2D eigenvalue weighted by Crippen LogP contribution is 2.30. The van der Waals surface area contributed by atoms with E-state index in [0.29, 0.717) is 23.6 Å². The van der Waals surface area contributed by atoms with Crippen molar-refractivity contribution < 1.29 is 21.6 Å². The first-order valence-corrected chi connectivity index (χ1v) is 11.9. The van der Waals surface area contributed by atoms with Gasteiger partial charge in [0, 0.05) is 24.2 Å². The maximum Gasteiger partial charge on any atom is 0.243 e. The molecule has 2 heterocycles. The van der Waals surface area contributed by atoms with Gasteiger partial charge >= 0.3 is 0 Å². The summed E-state index contributed by atoms with van der Waals surface area (Å²) in [7, 11) is -7.08. The molecule has 140 valence electrons. The van der Waals surface area contributed by atoms with Crippen molar-refractivity contribution in [2.75, 3.05) is 24.7 Å². The lowest BCUT2D eigenvalue weighted by Gasteiger charge is -2.30. The zero-order valence-corrected chi connectivity index (χ0v) is 16.4. The van der Waals surface area contributed by atoms with Gasteiger partial charge < -0.3 is 4.74 Å². The summed E-state index contributed by atoms with van der Waals surface area (Å²) in [4.78, 5) is 0.127. The molecule has 1 aromatic carbocycles. The molecule has 2 saturated heterocycles. The fourth-order valence-corrected chi connectivity index (χ4v) is 7.41. The van der Waals surface area contributed by atoms with Crippen molar-refractivity contribution in [3.8, 4) is 0 Å². The van der Waals surface area contributed by atoms with E-state index in [1.807, 2.05) is 0 Å². The van der Waals surface area contributed by atoms with E-state index in [1.54, 1.807) is 19.1 Å². The fourth-order valence-electron chi connectivity index (χ4n) is 3.41. The Morgan fingerprint density at radius 3 is 2.68 bits per heavy atom. The van der Waals surface area contributed by atoms with E-state index >= 15 is 0 Å². The van der Waals surface area contributed by atoms with Crippen LogP contribution in [0.3, 0.4) is 0 Å². The van der Waals surface area contributed by atoms with E-state index in [0.717, 1.165) is 12.8 Å². The van der Waals surface area contributed by atoms with Crippen LogP contribution < -0.4 is 0 Å². The number of sulfonamides is 1. The van der Waals surface area contributed by atoms with Gasteiger partial charge in [-0.05, 0) is 43.9 Å². The van der Waals surface area contributed by atoms with Crippen LogP contribution in [-0.2, 0) is 24.6 Å². The third-order valence-electron chi connectivity index (χ3n) is 4.76.